The zero-order valence-corrected chi connectivity index (χ0v) is 16.2. The Labute approximate surface area is 145 Å². The van der Waals surface area contributed by atoms with Crippen LogP contribution in [0.25, 0.3) is 0 Å². The third kappa shape index (κ3) is 6.85. The van der Waals surface area contributed by atoms with Crippen molar-refractivity contribution in [3.63, 3.8) is 0 Å². The summed E-state index contributed by atoms with van der Waals surface area (Å²) in [5.74, 6) is 0.403. The van der Waals surface area contributed by atoms with Gasteiger partial charge in [-0.2, -0.15) is 0 Å². The first-order chi connectivity index (χ1) is 11.2. The fourth-order valence-electron chi connectivity index (χ4n) is 4.21. The number of rotatable bonds is 14. The SMILES string of the molecule is CCCCCCCCCCCCC(CC)(CC)N1CCCC1=O. The monoisotopic (exact) mass is 323 g/mol. The van der Waals surface area contributed by atoms with Crippen LogP contribution in [0.5, 0.6) is 0 Å². The van der Waals surface area contributed by atoms with Crippen LogP contribution in [0.2, 0.25) is 0 Å². The average Bonchev–Trinajstić information content (AvgIpc) is 3.00. The van der Waals surface area contributed by atoms with E-state index >= 15 is 0 Å². The van der Waals surface area contributed by atoms with E-state index in [1.165, 1.54) is 70.6 Å². The summed E-state index contributed by atoms with van der Waals surface area (Å²) in [6.45, 7) is 7.82. The quantitative estimate of drug-likeness (QED) is 0.335. The molecule has 1 aliphatic rings. The van der Waals surface area contributed by atoms with E-state index < -0.39 is 0 Å². The summed E-state index contributed by atoms with van der Waals surface area (Å²) in [7, 11) is 0. The number of likely N-dealkylation sites (tertiary alicyclic amines) is 1. The molecule has 0 radical (unpaired) electrons. The number of amides is 1. The molecule has 1 aliphatic heterocycles. The molecule has 0 saturated carbocycles. The van der Waals surface area contributed by atoms with Crippen LogP contribution in [0.3, 0.4) is 0 Å². The van der Waals surface area contributed by atoms with E-state index in [0.717, 1.165) is 32.2 Å². The van der Waals surface area contributed by atoms with Crippen molar-refractivity contribution in [2.75, 3.05) is 6.54 Å². The molecule has 1 fully saturated rings. The molecular formula is C21H41NO. The zero-order valence-electron chi connectivity index (χ0n) is 16.2. The topological polar surface area (TPSA) is 20.3 Å². The molecule has 23 heavy (non-hydrogen) atoms. The molecule has 1 saturated heterocycles. The van der Waals surface area contributed by atoms with Crippen molar-refractivity contribution in [3.05, 3.63) is 0 Å². The predicted molar refractivity (Wildman–Crippen MR) is 101 cm³/mol. The summed E-state index contributed by atoms with van der Waals surface area (Å²) in [6, 6.07) is 0. The summed E-state index contributed by atoms with van der Waals surface area (Å²) < 4.78 is 0. The molecule has 0 bridgehead atoms. The van der Waals surface area contributed by atoms with E-state index in [1.54, 1.807) is 0 Å². The van der Waals surface area contributed by atoms with Gasteiger partial charge < -0.3 is 4.90 Å². The fourth-order valence-corrected chi connectivity index (χ4v) is 4.21. The highest BCUT2D eigenvalue weighted by Gasteiger charge is 2.38. The number of carbonyl (C=O) groups excluding carboxylic acids is 1. The van der Waals surface area contributed by atoms with Crippen molar-refractivity contribution in [2.24, 2.45) is 0 Å². The Bertz CT molecular complexity index is 309. The first-order valence-corrected chi connectivity index (χ1v) is 10.5. The van der Waals surface area contributed by atoms with Crippen LogP contribution in [0.15, 0.2) is 0 Å². The van der Waals surface area contributed by atoms with Gasteiger partial charge in [0.2, 0.25) is 5.91 Å². The zero-order chi connectivity index (χ0) is 17.0. The van der Waals surface area contributed by atoms with E-state index in [-0.39, 0.29) is 5.54 Å². The summed E-state index contributed by atoms with van der Waals surface area (Å²) in [5.41, 5.74) is 0.160. The third-order valence-corrected chi connectivity index (χ3v) is 5.96. The number of carbonyl (C=O) groups is 1. The van der Waals surface area contributed by atoms with Gasteiger partial charge in [-0.25, -0.2) is 0 Å². The molecule has 0 aromatic heterocycles. The Kier molecular flexibility index (Phi) is 10.6. The molecule has 2 heteroatoms. The lowest BCUT2D eigenvalue weighted by molar-refractivity contribution is -0.134. The molecule has 1 heterocycles. The Morgan fingerprint density at radius 1 is 0.826 bits per heavy atom. The second-order valence-electron chi connectivity index (χ2n) is 7.51. The van der Waals surface area contributed by atoms with Crippen molar-refractivity contribution in [2.45, 2.75) is 123 Å². The minimum absolute atomic E-state index is 0.160. The van der Waals surface area contributed by atoms with Crippen LogP contribution in [0.1, 0.15) is 117 Å². The van der Waals surface area contributed by atoms with Gasteiger partial charge in [-0.1, -0.05) is 85.0 Å². The first kappa shape index (κ1) is 20.5. The molecule has 0 aliphatic carbocycles. The van der Waals surface area contributed by atoms with Crippen molar-refractivity contribution in [1.82, 2.24) is 4.90 Å². The van der Waals surface area contributed by atoms with Crippen LogP contribution in [-0.2, 0) is 4.79 Å². The van der Waals surface area contributed by atoms with E-state index in [2.05, 4.69) is 25.7 Å². The summed E-state index contributed by atoms with van der Waals surface area (Å²) in [5, 5.41) is 0. The van der Waals surface area contributed by atoms with Crippen molar-refractivity contribution >= 4 is 5.91 Å². The second kappa shape index (κ2) is 11.9. The lowest BCUT2D eigenvalue weighted by Gasteiger charge is -2.41. The molecule has 1 rings (SSSR count). The molecular weight excluding hydrogens is 282 g/mol. The van der Waals surface area contributed by atoms with Crippen molar-refractivity contribution in [3.8, 4) is 0 Å². The Balaban J connectivity index is 2.15. The van der Waals surface area contributed by atoms with Gasteiger partial charge in [-0.3, -0.25) is 4.79 Å². The van der Waals surface area contributed by atoms with Gasteiger partial charge in [0.15, 0.2) is 0 Å². The van der Waals surface area contributed by atoms with E-state index in [1.807, 2.05) is 0 Å². The Morgan fingerprint density at radius 2 is 1.35 bits per heavy atom. The minimum Gasteiger partial charge on any atom is -0.337 e. The van der Waals surface area contributed by atoms with Crippen LogP contribution in [-0.4, -0.2) is 22.9 Å². The maximum atomic E-state index is 12.1. The highest BCUT2D eigenvalue weighted by Crippen LogP contribution is 2.33. The Morgan fingerprint density at radius 3 is 1.78 bits per heavy atom. The molecule has 1 amide bonds. The van der Waals surface area contributed by atoms with Crippen LogP contribution >= 0.6 is 0 Å². The van der Waals surface area contributed by atoms with Gasteiger partial charge in [0.25, 0.3) is 0 Å². The normalized spacial score (nSPS) is 15.6. The molecule has 0 spiro atoms. The van der Waals surface area contributed by atoms with Gasteiger partial charge in [0.1, 0.15) is 0 Å². The van der Waals surface area contributed by atoms with Gasteiger partial charge in [0, 0.05) is 18.5 Å². The molecule has 0 aromatic carbocycles. The molecule has 0 aromatic rings. The highest BCUT2D eigenvalue weighted by molar-refractivity contribution is 5.79. The van der Waals surface area contributed by atoms with E-state index in [4.69, 9.17) is 0 Å². The molecule has 136 valence electrons. The maximum absolute atomic E-state index is 12.1. The average molecular weight is 324 g/mol. The highest BCUT2D eigenvalue weighted by atomic mass is 16.2. The first-order valence-electron chi connectivity index (χ1n) is 10.5. The predicted octanol–water partition coefficient (Wildman–Crippen LogP) is 6.48. The maximum Gasteiger partial charge on any atom is 0.223 e. The molecule has 0 unspecified atom stereocenters. The van der Waals surface area contributed by atoms with Crippen LogP contribution < -0.4 is 0 Å². The summed E-state index contributed by atoms with van der Waals surface area (Å²) in [6.07, 6.45) is 19.2. The fraction of sp³-hybridized carbons (Fsp3) is 0.952. The van der Waals surface area contributed by atoms with Gasteiger partial charge in [-0.05, 0) is 25.7 Å². The number of hydrogen-bond acceptors (Lipinski definition) is 1. The lowest BCUT2D eigenvalue weighted by Crippen LogP contribution is -2.48. The van der Waals surface area contributed by atoms with Crippen molar-refractivity contribution < 1.29 is 4.79 Å². The van der Waals surface area contributed by atoms with Gasteiger partial charge >= 0.3 is 0 Å². The summed E-state index contributed by atoms with van der Waals surface area (Å²) >= 11 is 0. The number of hydrogen-bond donors (Lipinski definition) is 0. The second-order valence-corrected chi connectivity index (χ2v) is 7.51. The number of unbranched alkanes of at least 4 members (excludes halogenated alkanes) is 9. The van der Waals surface area contributed by atoms with E-state index in [9.17, 15) is 4.79 Å². The van der Waals surface area contributed by atoms with Gasteiger partial charge in [-0.15, -0.1) is 0 Å². The number of nitrogens with zero attached hydrogens (tertiary/aromatic N) is 1. The standard InChI is InChI=1S/C21H41NO/c1-4-7-8-9-10-11-12-13-14-15-18-21(5-2,6-3)22-19-16-17-20(22)23/h4-19H2,1-3H3. The van der Waals surface area contributed by atoms with E-state index in [0.29, 0.717) is 5.91 Å². The van der Waals surface area contributed by atoms with Crippen LogP contribution in [0, 0.1) is 0 Å². The smallest absolute Gasteiger partial charge is 0.223 e. The molecule has 2 nitrogen and oxygen atoms in total. The Hall–Kier alpha value is -0.530. The molecule has 0 N–H and O–H groups in total. The summed E-state index contributed by atoms with van der Waals surface area (Å²) in [4.78, 5) is 14.4. The van der Waals surface area contributed by atoms with Gasteiger partial charge in [0.05, 0.1) is 0 Å². The minimum atomic E-state index is 0.160. The van der Waals surface area contributed by atoms with Crippen molar-refractivity contribution in [1.29, 1.82) is 0 Å². The third-order valence-electron chi connectivity index (χ3n) is 5.96. The largest absolute Gasteiger partial charge is 0.337 e. The lowest BCUT2D eigenvalue weighted by atomic mass is 9.85. The van der Waals surface area contributed by atoms with Crippen LogP contribution in [0.4, 0.5) is 0 Å². The molecule has 0 atom stereocenters.